The number of benzene rings is 1. The van der Waals surface area contributed by atoms with Gasteiger partial charge in [-0.2, -0.15) is 0 Å². The van der Waals surface area contributed by atoms with Gasteiger partial charge in [0.2, 0.25) is 0 Å². The Morgan fingerprint density at radius 2 is 1.69 bits per heavy atom. The number of hydrogen-bond donors (Lipinski definition) is 0. The van der Waals surface area contributed by atoms with Crippen molar-refractivity contribution in [3.63, 3.8) is 0 Å². The van der Waals surface area contributed by atoms with Crippen LogP contribution in [-0.4, -0.2) is 5.54 Å². The highest BCUT2D eigenvalue weighted by Gasteiger charge is 2.22. The van der Waals surface area contributed by atoms with Gasteiger partial charge in [0, 0.05) is 0 Å². The molecule has 0 saturated heterocycles. The van der Waals surface area contributed by atoms with E-state index < -0.39 is 0 Å². The van der Waals surface area contributed by atoms with Crippen molar-refractivity contribution in [2.75, 3.05) is 5.01 Å². The first-order valence-corrected chi connectivity index (χ1v) is 4.24. The largest absolute Gasteiger partial charge is 0.224 e. The van der Waals surface area contributed by atoms with Gasteiger partial charge in [0.1, 0.15) is 0 Å². The summed E-state index contributed by atoms with van der Waals surface area (Å²) < 4.78 is 0. The maximum atomic E-state index is 10.6. The van der Waals surface area contributed by atoms with Gasteiger partial charge < -0.3 is 0 Å². The van der Waals surface area contributed by atoms with E-state index in [1.54, 1.807) is 0 Å². The predicted molar refractivity (Wildman–Crippen MR) is 54.5 cm³/mol. The molecule has 1 rings (SSSR count). The van der Waals surface area contributed by atoms with Crippen LogP contribution in [-0.2, 0) is 0 Å². The van der Waals surface area contributed by atoms with Gasteiger partial charge in [-0.05, 0) is 32.9 Å². The van der Waals surface area contributed by atoms with Gasteiger partial charge in [0.25, 0.3) is 0 Å². The van der Waals surface area contributed by atoms with Gasteiger partial charge >= 0.3 is 0 Å². The van der Waals surface area contributed by atoms with Crippen LogP contribution in [0.4, 0.5) is 5.69 Å². The SMILES string of the molecule is CC(C)(C)N(N=O)c1ccccc1. The van der Waals surface area contributed by atoms with Crippen molar-refractivity contribution < 1.29 is 0 Å². The first-order valence-electron chi connectivity index (χ1n) is 4.24. The fourth-order valence-electron chi connectivity index (χ4n) is 1.13. The quantitative estimate of drug-likeness (QED) is 0.515. The number of nitroso groups, excluding NO2 is 1. The highest BCUT2D eigenvalue weighted by Crippen LogP contribution is 2.23. The molecule has 3 nitrogen and oxygen atoms in total. The summed E-state index contributed by atoms with van der Waals surface area (Å²) in [5.41, 5.74) is 0.549. The van der Waals surface area contributed by atoms with Gasteiger partial charge in [-0.1, -0.05) is 18.2 Å². The molecule has 0 spiro atoms. The van der Waals surface area contributed by atoms with Crippen LogP contribution in [0.3, 0.4) is 0 Å². The minimum Gasteiger partial charge on any atom is -0.224 e. The topological polar surface area (TPSA) is 32.7 Å². The lowest BCUT2D eigenvalue weighted by molar-refractivity contribution is 0.513. The van der Waals surface area contributed by atoms with Crippen molar-refractivity contribution >= 4 is 5.69 Å². The van der Waals surface area contributed by atoms with Crippen LogP contribution in [0.1, 0.15) is 20.8 Å². The lowest BCUT2D eigenvalue weighted by Gasteiger charge is -2.29. The Hall–Kier alpha value is -1.38. The van der Waals surface area contributed by atoms with E-state index in [-0.39, 0.29) is 5.54 Å². The van der Waals surface area contributed by atoms with E-state index in [1.807, 2.05) is 51.1 Å². The van der Waals surface area contributed by atoms with E-state index in [1.165, 1.54) is 5.01 Å². The van der Waals surface area contributed by atoms with Crippen molar-refractivity contribution in [1.82, 2.24) is 0 Å². The van der Waals surface area contributed by atoms with E-state index in [2.05, 4.69) is 5.29 Å². The van der Waals surface area contributed by atoms with Crippen LogP contribution in [0.2, 0.25) is 0 Å². The molecule has 0 radical (unpaired) electrons. The smallest absolute Gasteiger partial charge is 0.0632 e. The van der Waals surface area contributed by atoms with Crippen molar-refractivity contribution in [1.29, 1.82) is 0 Å². The van der Waals surface area contributed by atoms with Crippen LogP contribution in [0.5, 0.6) is 0 Å². The second-order valence-corrected chi connectivity index (χ2v) is 3.90. The third-order valence-electron chi connectivity index (χ3n) is 1.72. The maximum Gasteiger partial charge on any atom is 0.0632 e. The summed E-state index contributed by atoms with van der Waals surface area (Å²) >= 11 is 0. The molecule has 0 aliphatic rings. The zero-order valence-corrected chi connectivity index (χ0v) is 8.19. The summed E-state index contributed by atoms with van der Waals surface area (Å²) in [7, 11) is 0. The third kappa shape index (κ3) is 2.28. The Balaban J connectivity index is 2.99. The summed E-state index contributed by atoms with van der Waals surface area (Å²) in [4.78, 5) is 10.6. The molecule has 0 aliphatic carbocycles. The molecule has 0 aliphatic heterocycles. The van der Waals surface area contributed by atoms with Crippen LogP contribution in [0.15, 0.2) is 35.6 Å². The lowest BCUT2D eigenvalue weighted by atomic mass is 10.1. The second kappa shape index (κ2) is 3.56. The van der Waals surface area contributed by atoms with Gasteiger partial charge in [-0.15, -0.1) is 4.91 Å². The number of para-hydroxylation sites is 1. The van der Waals surface area contributed by atoms with E-state index in [0.29, 0.717) is 0 Å². The van der Waals surface area contributed by atoms with Crippen molar-refractivity contribution in [2.24, 2.45) is 5.29 Å². The van der Waals surface area contributed by atoms with Gasteiger partial charge in [0.15, 0.2) is 0 Å². The van der Waals surface area contributed by atoms with Crippen LogP contribution >= 0.6 is 0 Å². The van der Waals surface area contributed by atoms with Crippen molar-refractivity contribution in [3.8, 4) is 0 Å². The average Bonchev–Trinajstić information content (AvgIpc) is 2.05. The van der Waals surface area contributed by atoms with Crippen molar-refractivity contribution in [2.45, 2.75) is 26.3 Å². The van der Waals surface area contributed by atoms with E-state index >= 15 is 0 Å². The summed E-state index contributed by atoms with van der Waals surface area (Å²) in [6.45, 7) is 5.84. The molecule has 0 unspecified atom stereocenters. The predicted octanol–water partition coefficient (Wildman–Crippen LogP) is 2.97. The molecular formula is C10H14N2O. The zero-order valence-electron chi connectivity index (χ0n) is 8.19. The monoisotopic (exact) mass is 178 g/mol. The third-order valence-corrected chi connectivity index (χ3v) is 1.72. The molecule has 0 saturated carbocycles. The van der Waals surface area contributed by atoms with E-state index in [9.17, 15) is 4.91 Å². The van der Waals surface area contributed by atoms with Crippen LogP contribution in [0.25, 0.3) is 0 Å². The molecule has 0 N–H and O–H groups in total. The molecule has 0 atom stereocenters. The summed E-state index contributed by atoms with van der Waals surface area (Å²) in [5.74, 6) is 0. The molecule has 0 bridgehead atoms. The average molecular weight is 178 g/mol. The first-order chi connectivity index (χ1) is 6.05. The Kier molecular flexibility index (Phi) is 2.66. The van der Waals surface area contributed by atoms with E-state index in [4.69, 9.17) is 0 Å². The molecule has 0 amide bonds. The van der Waals surface area contributed by atoms with Crippen molar-refractivity contribution in [3.05, 3.63) is 35.2 Å². The Bertz CT molecular complexity index is 277. The number of hydrogen-bond acceptors (Lipinski definition) is 2. The van der Waals surface area contributed by atoms with Gasteiger partial charge in [0.05, 0.1) is 16.5 Å². The molecule has 1 aromatic rings. The Labute approximate surface area is 78.3 Å². The molecule has 13 heavy (non-hydrogen) atoms. The highest BCUT2D eigenvalue weighted by atomic mass is 16.3. The highest BCUT2D eigenvalue weighted by molar-refractivity contribution is 5.46. The molecule has 0 heterocycles. The Morgan fingerprint density at radius 1 is 1.15 bits per heavy atom. The van der Waals surface area contributed by atoms with Crippen LogP contribution < -0.4 is 5.01 Å². The number of nitrogens with zero attached hydrogens (tertiary/aromatic N) is 2. The summed E-state index contributed by atoms with van der Waals surface area (Å²) in [5, 5.41) is 4.48. The lowest BCUT2D eigenvalue weighted by Crippen LogP contribution is -2.36. The fraction of sp³-hybridized carbons (Fsp3) is 0.400. The number of rotatable bonds is 2. The fourth-order valence-corrected chi connectivity index (χ4v) is 1.13. The molecule has 0 aromatic heterocycles. The summed E-state index contributed by atoms with van der Waals surface area (Å²) in [6.07, 6.45) is 0. The standard InChI is InChI=1S/C10H14N2O/c1-10(2,3)12(11-13)9-7-5-4-6-8-9/h4-8H,1-3H3. The minimum atomic E-state index is -0.275. The Morgan fingerprint density at radius 3 is 2.08 bits per heavy atom. The maximum absolute atomic E-state index is 10.6. The zero-order chi connectivity index (χ0) is 9.90. The summed E-state index contributed by atoms with van der Waals surface area (Å²) in [6, 6.07) is 9.42. The molecule has 1 aromatic carbocycles. The van der Waals surface area contributed by atoms with Gasteiger partial charge in [-0.25, -0.2) is 5.01 Å². The van der Waals surface area contributed by atoms with Gasteiger partial charge in [-0.3, -0.25) is 0 Å². The molecule has 0 fully saturated rings. The molecular weight excluding hydrogens is 164 g/mol. The van der Waals surface area contributed by atoms with E-state index in [0.717, 1.165) is 5.69 Å². The second-order valence-electron chi connectivity index (χ2n) is 3.90. The molecule has 3 heteroatoms. The normalized spacial score (nSPS) is 11.0. The van der Waals surface area contributed by atoms with Crippen LogP contribution in [0, 0.1) is 4.91 Å². The minimum absolute atomic E-state index is 0.275. The molecule has 70 valence electrons. The number of anilines is 1. The first kappa shape index (κ1) is 9.71.